The molecule has 1 heterocycles. The van der Waals surface area contributed by atoms with E-state index in [9.17, 15) is 12.8 Å². The average molecular weight is 312 g/mol. The van der Waals surface area contributed by atoms with Crippen LogP contribution in [0.2, 0.25) is 0 Å². The van der Waals surface area contributed by atoms with Crippen LogP contribution in [0.1, 0.15) is 16.8 Å². The van der Waals surface area contributed by atoms with Crippen LogP contribution in [0.4, 0.5) is 4.39 Å². The van der Waals surface area contributed by atoms with Gasteiger partial charge in [0.15, 0.2) is 0 Å². The molecule has 2 aromatic rings. The van der Waals surface area contributed by atoms with Crippen molar-refractivity contribution in [2.45, 2.75) is 24.8 Å². The van der Waals surface area contributed by atoms with Crippen molar-refractivity contribution in [3.05, 3.63) is 47.3 Å². The summed E-state index contributed by atoms with van der Waals surface area (Å²) in [5, 5.41) is 0. The van der Waals surface area contributed by atoms with E-state index in [-0.39, 0.29) is 23.5 Å². The lowest BCUT2D eigenvalue weighted by atomic mass is 10.1. The topological polar surface area (TPSA) is 101 Å². The van der Waals surface area contributed by atoms with Crippen LogP contribution in [0.5, 0.6) is 0 Å². The Morgan fingerprint density at radius 2 is 2.19 bits per heavy atom. The standard InChI is InChI=1S/C13H17FN4O2S/c1-9-12(14)4-10(6-15)5-13(9)21(19,20)18-3-2-11-7-16-8-17-11/h4-5,7-8,18H,2-3,6,15H2,1H3,(H,16,17). The van der Waals surface area contributed by atoms with E-state index >= 15 is 0 Å². The van der Waals surface area contributed by atoms with Gasteiger partial charge in [0.1, 0.15) is 5.82 Å². The highest BCUT2D eigenvalue weighted by Gasteiger charge is 2.19. The molecule has 0 amide bonds. The molecule has 0 saturated heterocycles. The predicted octanol–water partition coefficient (Wildman–Crippen LogP) is 0.837. The van der Waals surface area contributed by atoms with Crippen molar-refractivity contribution in [1.29, 1.82) is 0 Å². The van der Waals surface area contributed by atoms with Gasteiger partial charge in [-0.1, -0.05) is 0 Å². The van der Waals surface area contributed by atoms with E-state index in [0.717, 1.165) is 5.69 Å². The maximum atomic E-state index is 13.7. The molecule has 0 spiro atoms. The third-order valence-electron chi connectivity index (χ3n) is 3.12. The number of nitrogens with zero attached hydrogens (tertiary/aromatic N) is 1. The third kappa shape index (κ3) is 3.66. The molecule has 0 atom stereocenters. The van der Waals surface area contributed by atoms with Gasteiger partial charge in [-0.15, -0.1) is 0 Å². The lowest BCUT2D eigenvalue weighted by molar-refractivity contribution is 0.573. The summed E-state index contributed by atoms with van der Waals surface area (Å²) in [6, 6.07) is 2.65. The summed E-state index contributed by atoms with van der Waals surface area (Å²) in [6.45, 7) is 1.70. The van der Waals surface area contributed by atoms with Crippen LogP contribution < -0.4 is 10.5 Å². The van der Waals surface area contributed by atoms with Crippen LogP contribution in [0.15, 0.2) is 29.6 Å². The molecule has 0 saturated carbocycles. The Balaban J connectivity index is 2.17. The van der Waals surface area contributed by atoms with Crippen molar-refractivity contribution in [1.82, 2.24) is 14.7 Å². The lowest BCUT2D eigenvalue weighted by Gasteiger charge is -2.11. The van der Waals surface area contributed by atoms with E-state index in [2.05, 4.69) is 14.7 Å². The summed E-state index contributed by atoms with van der Waals surface area (Å²) >= 11 is 0. The van der Waals surface area contributed by atoms with Crippen LogP contribution in [0.3, 0.4) is 0 Å². The van der Waals surface area contributed by atoms with E-state index in [1.54, 1.807) is 6.20 Å². The molecular formula is C13H17FN4O2S. The number of aromatic nitrogens is 2. The number of halogens is 1. The van der Waals surface area contributed by atoms with Crippen molar-refractivity contribution in [3.8, 4) is 0 Å². The molecule has 0 aliphatic carbocycles. The monoisotopic (exact) mass is 312 g/mol. The van der Waals surface area contributed by atoms with E-state index in [4.69, 9.17) is 5.73 Å². The molecule has 1 aromatic carbocycles. The summed E-state index contributed by atoms with van der Waals surface area (Å²) in [6.07, 6.45) is 3.61. The molecule has 0 unspecified atom stereocenters. The molecule has 0 bridgehead atoms. The second-order valence-electron chi connectivity index (χ2n) is 4.63. The van der Waals surface area contributed by atoms with Crippen molar-refractivity contribution in [3.63, 3.8) is 0 Å². The summed E-state index contributed by atoms with van der Waals surface area (Å²) in [5.41, 5.74) is 6.79. The molecule has 2 rings (SSSR count). The summed E-state index contributed by atoms with van der Waals surface area (Å²) < 4.78 is 40.7. The number of rotatable bonds is 6. The number of nitrogens with two attached hydrogens (primary N) is 1. The second-order valence-corrected chi connectivity index (χ2v) is 6.36. The Bertz CT molecular complexity index is 714. The van der Waals surface area contributed by atoms with Gasteiger partial charge in [-0.2, -0.15) is 0 Å². The number of hydrogen-bond donors (Lipinski definition) is 3. The van der Waals surface area contributed by atoms with Gasteiger partial charge >= 0.3 is 0 Å². The summed E-state index contributed by atoms with van der Waals surface area (Å²) in [7, 11) is -3.78. The minimum absolute atomic E-state index is 0.0763. The maximum Gasteiger partial charge on any atom is 0.240 e. The van der Waals surface area contributed by atoms with Gasteiger partial charge in [0, 0.05) is 37.0 Å². The first kappa shape index (κ1) is 15.6. The van der Waals surface area contributed by atoms with Gasteiger partial charge in [0.2, 0.25) is 10.0 Å². The van der Waals surface area contributed by atoms with Crippen LogP contribution in [-0.4, -0.2) is 24.9 Å². The third-order valence-corrected chi connectivity index (χ3v) is 4.71. The Kier molecular flexibility index (Phi) is 4.71. The highest BCUT2D eigenvalue weighted by atomic mass is 32.2. The summed E-state index contributed by atoms with van der Waals surface area (Å²) in [5.74, 6) is -0.577. The number of imidazole rings is 1. The first-order chi connectivity index (χ1) is 9.94. The molecule has 0 aliphatic rings. The van der Waals surface area contributed by atoms with E-state index in [1.807, 2.05) is 0 Å². The number of hydrogen-bond acceptors (Lipinski definition) is 4. The molecule has 8 heteroatoms. The van der Waals surface area contributed by atoms with Crippen LogP contribution in [0.25, 0.3) is 0 Å². The zero-order valence-electron chi connectivity index (χ0n) is 11.6. The lowest BCUT2D eigenvalue weighted by Crippen LogP contribution is -2.27. The Morgan fingerprint density at radius 1 is 1.43 bits per heavy atom. The summed E-state index contributed by atoms with van der Waals surface area (Å²) in [4.78, 5) is 6.65. The molecule has 0 aliphatic heterocycles. The van der Waals surface area contributed by atoms with Gasteiger partial charge < -0.3 is 10.7 Å². The molecule has 114 valence electrons. The van der Waals surface area contributed by atoms with Gasteiger partial charge in [0.25, 0.3) is 0 Å². The largest absolute Gasteiger partial charge is 0.348 e. The number of sulfonamides is 1. The first-order valence-electron chi connectivity index (χ1n) is 6.40. The van der Waals surface area contributed by atoms with Crippen molar-refractivity contribution < 1.29 is 12.8 Å². The van der Waals surface area contributed by atoms with E-state index in [1.165, 1.54) is 25.4 Å². The zero-order valence-corrected chi connectivity index (χ0v) is 12.4. The Morgan fingerprint density at radius 3 is 2.81 bits per heavy atom. The first-order valence-corrected chi connectivity index (χ1v) is 7.88. The molecule has 4 N–H and O–H groups in total. The minimum Gasteiger partial charge on any atom is -0.348 e. The SMILES string of the molecule is Cc1c(F)cc(CN)cc1S(=O)(=O)NCCc1cnc[nH]1. The van der Waals surface area contributed by atoms with Gasteiger partial charge in [-0.05, 0) is 24.6 Å². The highest BCUT2D eigenvalue weighted by molar-refractivity contribution is 7.89. The zero-order chi connectivity index (χ0) is 15.5. The fourth-order valence-corrected chi connectivity index (χ4v) is 3.26. The van der Waals surface area contributed by atoms with Crippen LogP contribution >= 0.6 is 0 Å². The Hall–Kier alpha value is -1.77. The van der Waals surface area contributed by atoms with Crippen LogP contribution in [-0.2, 0) is 23.0 Å². The molecule has 1 aromatic heterocycles. The number of nitrogens with one attached hydrogen (secondary N) is 2. The fraction of sp³-hybridized carbons (Fsp3) is 0.308. The number of H-pyrrole nitrogens is 1. The van der Waals surface area contributed by atoms with Crippen molar-refractivity contribution in [2.75, 3.05) is 6.54 Å². The second kappa shape index (κ2) is 6.33. The highest BCUT2D eigenvalue weighted by Crippen LogP contribution is 2.20. The Labute approximate surface area is 122 Å². The smallest absolute Gasteiger partial charge is 0.240 e. The fourth-order valence-electron chi connectivity index (χ4n) is 1.92. The number of benzene rings is 1. The maximum absolute atomic E-state index is 13.7. The van der Waals surface area contributed by atoms with Gasteiger partial charge in [-0.3, -0.25) is 0 Å². The molecule has 0 fully saturated rings. The molecule has 0 radical (unpaired) electrons. The van der Waals surface area contributed by atoms with E-state index < -0.39 is 15.8 Å². The predicted molar refractivity (Wildman–Crippen MR) is 76.5 cm³/mol. The molecule has 21 heavy (non-hydrogen) atoms. The normalized spacial score (nSPS) is 11.8. The van der Waals surface area contributed by atoms with Crippen LogP contribution in [0, 0.1) is 12.7 Å². The van der Waals surface area contributed by atoms with Gasteiger partial charge in [0.05, 0.1) is 11.2 Å². The minimum atomic E-state index is -3.78. The molecular weight excluding hydrogens is 295 g/mol. The van der Waals surface area contributed by atoms with Crippen molar-refractivity contribution in [2.24, 2.45) is 5.73 Å². The average Bonchev–Trinajstić information content (AvgIpc) is 2.94. The van der Waals surface area contributed by atoms with E-state index in [0.29, 0.717) is 12.0 Å². The molecule has 6 nitrogen and oxygen atoms in total. The van der Waals surface area contributed by atoms with Gasteiger partial charge in [-0.25, -0.2) is 22.5 Å². The van der Waals surface area contributed by atoms with Crippen molar-refractivity contribution >= 4 is 10.0 Å². The number of aromatic amines is 1. The quantitative estimate of drug-likeness (QED) is 0.735.